The summed E-state index contributed by atoms with van der Waals surface area (Å²) in [7, 11) is -1.12. The molecule has 0 fully saturated rings. The normalized spacial score (nSPS) is 12.0. The topological polar surface area (TPSA) is 97.4 Å². The summed E-state index contributed by atoms with van der Waals surface area (Å²) in [5, 5.41) is 11.5. The molecule has 0 amide bonds. The van der Waals surface area contributed by atoms with Gasteiger partial charge >= 0.3 is 0 Å². The molecule has 32 heavy (non-hydrogen) atoms. The van der Waals surface area contributed by atoms with Gasteiger partial charge in [0, 0.05) is 67.9 Å². The van der Waals surface area contributed by atoms with Crippen molar-refractivity contribution >= 4 is 37.2 Å². The Balaban J connectivity index is 1.61. The molecule has 168 valence electrons. The fourth-order valence-corrected chi connectivity index (χ4v) is 3.77. The fraction of sp³-hybridized carbons (Fsp3) is 0.292. The Bertz CT molecular complexity index is 1080. The number of carbonyl (C=O) groups excluding carboxylic acids is 1. The summed E-state index contributed by atoms with van der Waals surface area (Å²) in [4.78, 5) is 15.1. The van der Waals surface area contributed by atoms with Crippen LogP contribution in [0.3, 0.4) is 0 Å². The van der Waals surface area contributed by atoms with E-state index in [0.717, 1.165) is 41.1 Å². The molecule has 0 saturated heterocycles. The first kappa shape index (κ1) is 23.4. The minimum atomic E-state index is -1.12. The summed E-state index contributed by atoms with van der Waals surface area (Å²) >= 11 is 0. The van der Waals surface area contributed by atoms with Crippen molar-refractivity contribution in [1.29, 1.82) is 5.41 Å². The summed E-state index contributed by atoms with van der Waals surface area (Å²) in [6.07, 6.45) is 7.35. The van der Waals surface area contributed by atoms with E-state index in [1.54, 1.807) is 30.7 Å². The van der Waals surface area contributed by atoms with Crippen molar-refractivity contribution in [2.45, 2.75) is 32.1 Å². The maximum atomic E-state index is 10.8. The predicted molar refractivity (Wildman–Crippen MR) is 129 cm³/mol. The number of rotatable bonds is 12. The van der Waals surface area contributed by atoms with Crippen LogP contribution in [0.2, 0.25) is 25.7 Å². The molecule has 0 aliphatic rings. The average Bonchev–Trinajstić information content (AvgIpc) is 3.15. The third-order valence-corrected chi connectivity index (χ3v) is 6.52. The molecular formula is C24H29N3O4Si. The predicted octanol–water partition coefficient (Wildman–Crippen LogP) is 5.25. The molecule has 3 rings (SSSR count). The minimum Gasteiger partial charge on any atom is -0.464 e. The molecule has 0 spiro atoms. The number of aldehydes is 1. The van der Waals surface area contributed by atoms with Gasteiger partial charge in [0.1, 0.15) is 24.3 Å². The molecular weight excluding hydrogens is 422 g/mol. The van der Waals surface area contributed by atoms with Gasteiger partial charge in [-0.15, -0.1) is 0 Å². The van der Waals surface area contributed by atoms with Crippen LogP contribution in [0, 0.1) is 5.41 Å². The van der Waals surface area contributed by atoms with Crippen LogP contribution < -0.4 is 10.1 Å². The lowest BCUT2D eigenvalue weighted by Crippen LogP contribution is -2.24. The number of hydrogen-bond acceptors (Lipinski definition) is 7. The number of benzene rings is 1. The van der Waals surface area contributed by atoms with Crippen molar-refractivity contribution < 1.29 is 18.7 Å². The van der Waals surface area contributed by atoms with Crippen LogP contribution in [0.25, 0.3) is 16.7 Å². The molecule has 3 aromatic rings. The molecule has 1 aromatic carbocycles. The molecule has 2 aromatic heterocycles. The lowest BCUT2D eigenvalue weighted by atomic mass is 10.1. The third kappa shape index (κ3) is 6.63. The smallest absolute Gasteiger partial charge is 0.219 e. The first-order chi connectivity index (χ1) is 15.4. The Morgan fingerprint density at radius 3 is 2.78 bits per heavy atom. The number of hydrogen-bond donors (Lipinski definition) is 2. The summed E-state index contributed by atoms with van der Waals surface area (Å²) in [6.45, 7) is 8.05. The highest BCUT2D eigenvalue weighted by Gasteiger charge is 2.12. The largest absolute Gasteiger partial charge is 0.464 e. The molecule has 2 heterocycles. The molecule has 7 nitrogen and oxygen atoms in total. The maximum absolute atomic E-state index is 10.8. The lowest BCUT2D eigenvalue weighted by molar-refractivity contribution is -0.107. The standard InChI is InChI=1S/C24H29N3O4Si/c1-32(2,3)13-12-29-17-27-22(8-10-25)18-4-7-24(26-15-18)31-20-5-6-21-19(9-11-28)16-30-23(21)14-20/h4-8,10-11,14-16,25,27H,9,12-13,17H2,1-3H3/b22-8-,25-10?. The van der Waals surface area contributed by atoms with Gasteiger partial charge in [-0.05, 0) is 30.3 Å². The number of allylic oxidation sites excluding steroid dienone is 1. The zero-order valence-electron chi connectivity index (χ0n) is 18.7. The number of aromatic nitrogens is 1. The lowest BCUT2D eigenvalue weighted by Gasteiger charge is -2.16. The van der Waals surface area contributed by atoms with Gasteiger partial charge in [0.15, 0.2) is 0 Å². The number of furan rings is 1. The second-order valence-electron chi connectivity index (χ2n) is 8.56. The van der Waals surface area contributed by atoms with Gasteiger partial charge < -0.3 is 29.4 Å². The van der Waals surface area contributed by atoms with Gasteiger partial charge in [-0.3, -0.25) is 0 Å². The molecule has 0 unspecified atom stereocenters. The number of pyridine rings is 1. The molecule has 8 heteroatoms. The number of carbonyl (C=O) groups is 1. The first-order valence-electron chi connectivity index (χ1n) is 10.5. The zero-order valence-corrected chi connectivity index (χ0v) is 19.7. The Morgan fingerprint density at radius 1 is 1.25 bits per heavy atom. The summed E-state index contributed by atoms with van der Waals surface area (Å²) in [5.74, 6) is 1.03. The summed E-state index contributed by atoms with van der Waals surface area (Å²) in [5.41, 5.74) is 3.10. The van der Waals surface area contributed by atoms with Gasteiger partial charge in [0.25, 0.3) is 0 Å². The second-order valence-corrected chi connectivity index (χ2v) is 14.2. The second kappa shape index (κ2) is 10.9. The van der Waals surface area contributed by atoms with E-state index in [9.17, 15) is 4.79 Å². The zero-order chi connectivity index (χ0) is 23.0. The molecule has 0 aliphatic carbocycles. The van der Waals surface area contributed by atoms with E-state index in [2.05, 4.69) is 29.9 Å². The van der Waals surface area contributed by atoms with Crippen LogP contribution in [0.4, 0.5) is 0 Å². The van der Waals surface area contributed by atoms with Crippen molar-refractivity contribution in [3.8, 4) is 11.6 Å². The van der Waals surface area contributed by atoms with E-state index in [-0.39, 0.29) is 0 Å². The van der Waals surface area contributed by atoms with E-state index in [4.69, 9.17) is 19.3 Å². The van der Waals surface area contributed by atoms with Crippen molar-refractivity contribution in [2.24, 2.45) is 0 Å². The Kier molecular flexibility index (Phi) is 7.96. The number of nitrogens with zero attached hydrogens (tertiary/aromatic N) is 1. The molecule has 0 aliphatic heterocycles. The fourth-order valence-electron chi connectivity index (χ4n) is 3.02. The highest BCUT2D eigenvalue weighted by molar-refractivity contribution is 6.76. The van der Waals surface area contributed by atoms with E-state index in [1.807, 2.05) is 18.2 Å². The Labute approximate surface area is 189 Å². The van der Waals surface area contributed by atoms with Gasteiger partial charge in [0.05, 0.1) is 6.26 Å². The van der Waals surface area contributed by atoms with Crippen molar-refractivity contribution in [3.05, 3.63) is 60.0 Å². The SMILES string of the molecule is C[Si](C)(C)CCOCN/C(=C\C=N)c1ccc(Oc2ccc3c(CC=O)coc3c2)nc1. The van der Waals surface area contributed by atoms with Gasteiger partial charge in [0.2, 0.25) is 5.88 Å². The third-order valence-electron chi connectivity index (χ3n) is 4.81. The Hall–Kier alpha value is -3.23. The van der Waals surface area contributed by atoms with Crippen LogP contribution in [-0.2, 0) is 16.0 Å². The van der Waals surface area contributed by atoms with Crippen LogP contribution >= 0.6 is 0 Å². The number of fused-ring (bicyclic) bond motifs is 1. The van der Waals surface area contributed by atoms with Crippen LogP contribution in [0.1, 0.15) is 11.1 Å². The van der Waals surface area contributed by atoms with Crippen molar-refractivity contribution in [1.82, 2.24) is 10.3 Å². The van der Waals surface area contributed by atoms with E-state index in [0.29, 0.717) is 30.4 Å². The van der Waals surface area contributed by atoms with Crippen molar-refractivity contribution in [2.75, 3.05) is 13.3 Å². The molecule has 0 bridgehead atoms. The van der Waals surface area contributed by atoms with Gasteiger partial charge in [-0.1, -0.05) is 19.6 Å². The van der Waals surface area contributed by atoms with E-state index in [1.165, 1.54) is 6.21 Å². The average molecular weight is 452 g/mol. The highest BCUT2D eigenvalue weighted by Crippen LogP contribution is 2.28. The van der Waals surface area contributed by atoms with E-state index < -0.39 is 8.07 Å². The van der Waals surface area contributed by atoms with E-state index >= 15 is 0 Å². The summed E-state index contributed by atoms with van der Waals surface area (Å²) < 4.78 is 17.1. The molecule has 0 atom stereocenters. The van der Waals surface area contributed by atoms with Gasteiger partial charge in [-0.2, -0.15) is 0 Å². The van der Waals surface area contributed by atoms with Crippen LogP contribution in [0.15, 0.2) is 53.3 Å². The molecule has 0 radical (unpaired) electrons. The highest BCUT2D eigenvalue weighted by atomic mass is 28.3. The monoisotopic (exact) mass is 451 g/mol. The maximum Gasteiger partial charge on any atom is 0.219 e. The number of nitrogens with one attached hydrogen (secondary N) is 2. The summed E-state index contributed by atoms with van der Waals surface area (Å²) in [6, 6.07) is 10.2. The number of ether oxygens (including phenoxy) is 2. The van der Waals surface area contributed by atoms with Crippen molar-refractivity contribution in [3.63, 3.8) is 0 Å². The molecule has 2 N–H and O–H groups in total. The molecule has 0 saturated carbocycles. The minimum absolute atomic E-state index is 0.319. The van der Waals surface area contributed by atoms with Crippen LogP contribution in [-0.4, -0.2) is 38.9 Å². The van der Waals surface area contributed by atoms with Crippen LogP contribution in [0.5, 0.6) is 11.6 Å². The quantitative estimate of drug-likeness (QED) is 0.128. The first-order valence-corrected chi connectivity index (χ1v) is 14.2. The van der Waals surface area contributed by atoms with Gasteiger partial charge in [-0.25, -0.2) is 4.98 Å². The Morgan fingerprint density at radius 2 is 2.09 bits per heavy atom.